The van der Waals surface area contributed by atoms with E-state index in [9.17, 15) is 4.79 Å². The van der Waals surface area contributed by atoms with E-state index in [1.54, 1.807) is 17.0 Å². The molecule has 1 aromatic rings. The van der Waals surface area contributed by atoms with Crippen LogP contribution < -0.4 is 5.73 Å². The molecule has 0 aliphatic rings. The zero-order valence-electron chi connectivity index (χ0n) is 10.2. The average Bonchev–Trinajstić information content (AvgIpc) is 2.28. The van der Waals surface area contributed by atoms with Gasteiger partial charge in [-0.1, -0.05) is 24.9 Å². The second kappa shape index (κ2) is 6.45. The number of hydrogen-bond acceptors (Lipinski definition) is 3. The lowest BCUT2D eigenvalue weighted by Crippen LogP contribution is -2.31. The van der Waals surface area contributed by atoms with Gasteiger partial charge in [-0.05, 0) is 25.5 Å². The molecule has 2 N–H and O–H groups in total. The van der Waals surface area contributed by atoms with Gasteiger partial charge in [-0.3, -0.25) is 4.79 Å². The second-order valence-corrected chi connectivity index (χ2v) is 4.23. The molecule has 17 heavy (non-hydrogen) atoms. The molecular formula is C12H18ClN3O. The van der Waals surface area contributed by atoms with Crippen LogP contribution in [0.2, 0.25) is 5.15 Å². The van der Waals surface area contributed by atoms with Gasteiger partial charge in [0, 0.05) is 18.7 Å². The van der Waals surface area contributed by atoms with Crippen LogP contribution >= 0.6 is 11.6 Å². The quantitative estimate of drug-likeness (QED) is 0.823. The Hall–Kier alpha value is -1.29. The first-order valence-corrected chi connectivity index (χ1v) is 6.18. The fraction of sp³-hybridized carbons (Fsp3) is 0.500. The largest absolute Gasteiger partial charge is 0.384 e. The lowest BCUT2D eigenvalue weighted by molar-refractivity contribution is 0.0762. The summed E-state index contributed by atoms with van der Waals surface area (Å²) in [5.41, 5.74) is 6.07. The number of nitrogen functional groups attached to an aromatic ring is 1. The zero-order valence-corrected chi connectivity index (χ0v) is 11.0. The number of carbonyl (C=O) groups excluding carboxylic acids is 1. The van der Waals surface area contributed by atoms with Crippen molar-refractivity contribution in [2.75, 3.05) is 18.8 Å². The van der Waals surface area contributed by atoms with E-state index >= 15 is 0 Å². The van der Waals surface area contributed by atoms with Crippen molar-refractivity contribution >= 4 is 23.3 Å². The molecule has 0 aromatic carbocycles. The first kappa shape index (κ1) is 13.8. The lowest BCUT2D eigenvalue weighted by atomic mass is 10.2. The van der Waals surface area contributed by atoms with Crippen molar-refractivity contribution in [2.45, 2.75) is 26.7 Å². The average molecular weight is 256 g/mol. The van der Waals surface area contributed by atoms with Crippen LogP contribution in [0, 0.1) is 0 Å². The molecular weight excluding hydrogens is 238 g/mol. The predicted octanol–water partition coefficient (Wildman–Crippen LogP) is 2.58. The van der Waals surface area contributed by atoms with Crippen molar-refractivity contribution in [3.8, 4) is 0 Å². The number of nitrogens with two attached hydrogens (primary N) is 1. The summed E-state index contributed by atoms with van der Waals surface area (Å²) in [5, 5.41) is 0.250. The van der Waals surface area contributed by atoms with Crippen molar-refractivity contribution in [2.24, 2.45) is 0 Å². The van der Waals surface area contributed by atoms with Gasteiger partial charge in [-0.2, -0.15) is 0 Å². The normalized spacial score (nSPS) is 10.3. The number of unbranched alkanes of at least 4 members (excludes halogenated alkanes) is 1. The lowest BCUT2D eigenvalue weighted by Gasteiger charge is -2.20. The van der Waals surface area contributed by atoms with Crippen molar-refractivity contribution in [3.63, 3.8) is 0 Å². The summed E-state index contributed by atoms with van der Waals surface area (Å²) in [6, 6.07) is 3.11. The molecule has 5 heteroatoms. The van der Waals surface area contributed by atoms with Crippen LogP contribution in [0.15, 0.2) is 12.1 Å². The van der Waals surface area contributed by atoms with E-state index in [-0.39, 0.29) is 16.9 Å². The van der Waals surface area contributed by atoms with Crippen LogP contribution in [0.25, 0.3) is 0 Å². The van der Waals surface area contributed by atoms with Crippen LogP contribution in [-0.4, -0.2) is 28.9 Å². The second-order valence-electron chi connectivity index (χ2n) is 3.84. The molecule has 0 bridgehead atoms. The molecule has 0 saturated carbocycles. The first-order valence-electron chi connectivity index (χ1n) is 5.80. The molecule has 0 aliphatic carbocycles. The Labute approximate surface area is 107 Å². The highest BCUT2D eigenvalue weighted by Crippen LogP contribution is 2.14. The summed E-state index contributed by atoms with van der Waals surface area (Å²) in [4.78, 5) is 17.8. The van der Waals surface area contributed by atoms with Gasteiger partial charge in [0.15, 0.2) is 0 Å². The molecule has 0 unspecified atom stereocenters. The summed E-state index contributed by atoms with van der Waals surface area (Å²) < 4.78 is 0. The Balaban J connectivity index is 2.85. The van der Waals surface area contributed by atoms with E-state index < -0.39 is 0 Å². The maximum absolute atomic E-state index is 12.2. The maximum Gasteiger partial charge on any atom is 0.254 e. The minimum atomic E-state index is -0.0445. The molecule has 0 fully saturated rings. The third-order valence-corrected chi connectivity index (χ3v) is 2.70. The number of halogens is 1. The molecule has 1 aromatic heterocycles. The van der Waals surface area contributed by atoms with Crippen LogP contribution in [0.4, 0.5) is 5.82 Å². The van der Waals surface area contributed by atoms with Crippen LogP contribution in [-0.2, 0) is 0 Å². The number of anilines is 1. The van der Waals surface area contributed by atoms with Gasteiger partial charge >= 0.3 is 0 Å². The molecule has 0 atom stereocenters. The Morgan fingerprint density at radius 1 is 1.47 bits per heavy atom. The number of carbonyl (C=O) groups is 1. The summed E-state index contributed by atoms with van der Waals surface area (Å²) >= 11 is 5.78. The third kappa shape index (κ3) is 3.89. The number of nitrogens with zero attached hydrogens (tertiary/aromatic N) is 2. The standard InChI is InChI=1S/C12H18ClN3O/c1-3-5-6-16(4-2)12(17)9-7-10(13)15-11(14)8-9/h7-8H,3-6H2,1-2H3,(H2,14,15). The summed E-state index contributed by atoms with van der Waals surface area (Å²) in [6.45, 7) is 5.49. The number of amides is 1. The monoisotopic (exact) mass is 255 g/mol. The molecule has 0 radical (unpaired) electrons. The predicted molar refractivity (Wildman–Crippen MR) is 70.1 cm³/mol. The zero-order chi connectivity index (χ0) is 12.8. The van der Waals surface area contributed by atoms with Crippen molar-refractivity contribution in [1.29, 1.82) is 0 Å². The molecule has 0 aliphatic heterocycles. The van der Waals surface area contributed by atoms with Crippen molar-refractivity contribution in [1.82, 2.24) is 9.88 Å². The van der Waals surface area contributed by atoms with Gasteiger partial charge in [0.1, 0.15) is 11.0 Å². The Morgan fingerprint density at radius 3 is 2.71 bits per heavy atom. The summed E-state index contributed by atoms with van der Waals surface area (Å²) in [5.74, 6) is 0.226. The molecule has 1 rings (SSSR count). The molecule has 94 valence electrons. The van der Waals surface area contributed by atoms with E-state index in [1.807, 2.05) is 6.92 Å². The van der Waals surface area contributed by atoms with E-state index in [0.717, 1.165) is 19.4 Å². The molecule has 0 spiro atoms. The third-order valence-electron chi connectivity index (χ3n) is 2.51. The van der Waals surface area contributed by atoms with E-state index in [1.165, 1.54) is 0 Å². The minimum Gasteiger partial charge on any atom is -0.384 e. The first-order chi connectivity index (χ1) is 8.08. The highest BCUT2D eigenvalue weighted by molar-refractivity contribution is 6.29. The van der Waals surface area contributed by atoms with Gasteiger partial charge < -0.3 is 10.6 Å². The van der Waals surface area contributed by atoms with Gasteiger partial charge in [0.05, 0.1) is 0 Å². The smallest absolute Gasteiger partial charge is 0.254 e. The van der Waals surface area contributed by atoms with E-state index in [2.05, 4.69) is 11.9 Å². The fourth-order valence-electron chi connectivity index (χ4n) is 1.58. The fourth-order valence-corrected chi connectivity index (χ4v) is 1.79. The highest BCUT2D eigenvalue weighted by Gasteiger charge is 2.14. The van der Waals surface area contributed by atoms with Gasteiger partial charge in [0.25, 0.3) is 5.91 Å². The Morgan fingerprint density at radius 2 is 2.18 bits per heavy atom. The molecule has 1 amide bonds. The SMILES string of the molecule is CCCCN(CC)C(=O)c1cc(N)nc(Cl)c1. The topological polar surface area (TPSA) is 59.2 Å². The van der Waals surface area contributed by atoms with E-state index in [4.69, 9.17) is 17.3 Å². The van der Waals surface area contributed by atoms with Crippen molar-refractivity contribution in [3.05, 3.63) is 22.8 Å². The molecule has 4 nitrogen and oxygen atoms in total. The summed E-state index contributed by atoms with van der Waals surface area (Å²) in [6.07, 6.45) is 2.05. The van der Waals surface area contributed by atoms with Gasteiger partial charge in [-0.15, -0.1) is 0 Å². The van der Waals surface area contributed by atoms with Crippen LogP contribution in [0.1, 0.15) is 37.0 Å². The number of hydrogen-bond donors (Lipinski definition) is 1. The van der Waals surface area contributed by atoms with Crippen LogP contribution in [0.3, 0.4) is 0 Å². The van der Waals surface area contributed by atoms with Crippen LogP contribution in [0.5, 0.6) is 0 Å². The molecule has 0 saturated heterocycles. The highest BCUT2D eigenvalue weighted by atomic mass is 35.5. The van der Waals surface area contributed by atoms with Crippen molar-refractivity contribution < 1.29 is 4.79 Å². The molecule has 1 heterocycles. The summed E-state index contributed by atoms with van der Waals surface area (Å²) in [7, 11) is 0. The van der Waals surface area contributed by atoms with Gasteiger partial charge in [-0.25, -0.2) is 4.98 Å². The minimum absolute atomic E-state index is 0.0445. The Bertz CT molecular complexity index is 375. The maximum atomic E-state index is 12.2. The van der Waals surface area contributed by atoms with Gasteiger partial charge in [0.2, 0.25) is 0 Å². The number of aromatic nitrogens is 1. The number of rotatable bonds is 5. The number of pyridine rings is 1. The van der Waals surface area contributed by atoms with E-state index in [0.29, 0.717) is 12.1 Å². The Kier molecular flexibility index (Phi) is 5.22.